The highest BCUT2D eigenvalue weighted by Gasteiger charge is 2.19. The van der Waals surface area contributed by atoms with E-state index in [0.29, 0.717) is 0 Å². The summed E-state index contributed by atoms with van der Waals surface area (Å²) in [7, 11) is 0. The number of para-hydroxylation sites is 1. The van der Waals surface area contributed by atoms with Crippen LogP contribution in [-0.2, 0) is 0 Å². The van der Waals surface area contributed by atoms with Gasteiger partial charge in [0.2, 0.25) is 0 Å². The van der Waals surface area contributed by atoms with Gasteiger partial charge in [0.25, 0.3) is 0 Å². The number of hydrogen-bond donors (Lipinski definition) is 0. The SMILES string of the molecule is c1ccc(-c2cc(-c3ccc(-c4cccc5c4sc4ccc6c(-c7ccccc7)nc7ccccc7c6c45)cc3)nc(-c3cccc4sc5ccccc5c34)n2)cc1. The van der Waals surface area contributed by atoms with Crippen molar-refractivity contribution in [3.8, 4) is 56.3 Å². The summed E-state index contributed by atoms with van der Waals surface area (Å²) in [6.07, 6.45) is 0. The number of nitrogens with zero attached hydrogens (tertiary/aromatic N) is 3. The molecule has 0 spiro atoms. The fraction of sp³-hybridized carbons (Fsp3) is 0. The van der Waals surface area contributed by atoms with Gasteiger partial charge < -0.3 is 0 Å². The molecule has 0 aliphatic heterocycles. The van der Waals surface area contributed by atoms with Crippen molar-refractivity contribution in [2.75, 3.05) is 0 Å². The van der Waals surface area contributed by atoms with Crippen LogP contribution in [0.5, 0.6) is 0 Å². The van der Waals surface area contributed by atoms with Gasteiger partial charge in [-0.1, -0.05) is 158 Å². The van der Waals surface area contributed by atoms with Crippen LogP contribution in [0.15, 0.2) is 188 Å². The third kappa shape index (κ3) is 5.28. The zero-order valence-corrected chi connectivity index (χ0v) is 32.7. The van der Waals surface area contributed by atoms with E-state index in [1.807, 2.05) is 28.7 Å². The van der Waals surface area contributed by atoms with E-state index in [-0.39, 0.29) is 0 Å². The number of aromatic nitrogens is 3. The maximum Gasteiger partial charge on any atom is 0.161 e. The van der Waals surface area contributed by atoms with Crippen LogP contribution < -0.4 is 0 Å². The lowest BCUT2D eigenvalue weighted by Gasteiger charge is -2.12. The van der Waals surface area contributed by atoms with E-state index in [4.69, 9.17) is 15.0 Å². The molecule has 0 saturated heterocycles. The molecule has 0 atom stereocenters. The molecule has 0 amide bonds. The number of rotatable bonds is 5. The van der Waals surface area contributed by atoms with Crippen LogP contribution in [0.2, 0.25) is 0 Å². The van der Waals surface area contributed by atoms with Crippen LogP contribution >= 0.6 is 22.7 Å². The molecule has 0 aliphatic carbocycles. The van der Waals surface area contributed by atoms with E-state index in [1.165, 1.54) is 67.6 Å². The third-order valence-electron chi connectivity index (χ3n) is 11.3. The zero-order valence-electron chi connectivity index (χ0n) is 31.1. The van der Waals surface area contributed by atoms with Gasteiger partial charge in [-0.05, 0) is 41.5 Å². The van der Waals surface area contributed by atoms with Crippen molar-refractivity contribution in [3.63, 3.8) is 0 Å². The maximum atomic E-state index is 5.29. The molecule has 58 heavy (non-hydrogen) atoms. The minimum Gasteiger partial charge on any atom is -0.247 e. The van der Waals surface area contributed by atoms with Crippen molar-refractivity contribution in [2.24, 2.45) is 0 Å². The molecule has 5 heteroatoms. The van der Waals surface area contributed by atoms with Gasteiger partial charge in [-0.2, -0.15) is 0 Å². The molecule has 12 rings (SSSR count). The molecule has 4 heterocycles. The second-order valence-electron chi connectivity index (χ2n) is 14.7. The first-order valence-electron chi connectivity index (χ1n) is 19.4. The van der Waals surface area contributed by atoms with Crippen molar-refractivity contribution in [2.45, 2.75) is 0 Å². The Kier molecular flexibility index (Phi) is 7.58. The highest BCUT2D eigenvalue weighted by Crippen LogP contribution is 2.46. The summed E-state index contributed by atoms with van der Waals surface area (Å²) in [6, 6.07) is 67.0. The van der Waals surface area contributed by atoms with Crippen LogP contribution in [0.1, 0.15) is 0 Å². The molecule has 0 unspecified atom stereocenters. The van der Waals surface area contributed by atoms with E-state index in [2.05, 4.69) is 182 Å². The lowest BCUT2D eigenvalue weighted by atomic mass is 9.95. The van der Waals surface area contributed by atoms with Crippen LogP contribution in [0.3, 0.4) is 0 Å². The maximum absolute atomic E-state index is 5.29. The number of fused-ring (bicyclic) bond motifs is 10. The largest absolute Gasteiger partial charge is 0.247 e. The van der Waals surface area contributed by atoms with E-state index < -0.39 is 0 Å². The van der Waals surface area contributed by atoms with Gasteiger partial charge in [-0.15, -0.1) is 22.7 Å². The molecule has 0 fully saturated rings. The first-order valence-corrected chi connectivity index (χ1v) is 21.1. The van der Waals surface area contributed by atoms with Gasteiger partial charge in [0.15, 0.2) is 5.82 Å². The third-order valence-corrected chi connectivity index (χ3v) is 13.6. The predicted molar refractivity (Wildman–Crippen MR) is 248 cm³/mol. The van der Waals surface area contributed by atoms with E-state index in [9.17, 15) is 0 Å². The summed E-state index contributed by atoms with van der Waals surface area (Å²) in [5, 5.41) is 8.63. The Morgan fingerprint density at radius 2 is 0.931 bits per heavy atom. The standard InChI is InChI=1S/C53H31N3S2/c1-3-13-33(14-4-1)43-31-44(56-53(55-43)41-21-12-24-46-48(41)38-18-8-10-23-45(38)57-46)34-27-25-32(26-28-34)36-19-11-20-40-50-47(58-52(36)40)30-29-39-49(50)37-17-7-9-22-42(37)54-51(39)35-15-5-2-6-16-35/h1-31H. The van der Waals surface area contributed by atoms with Gasteiger partial charge in [-0.25, -0.2) is 15.0 Å². The van der Waals surface area contributed by atoms with E-state index >= 15 is 0 Å². The molecule has 12 aromatic rings. The number of benzene rings is 8. The van der Waals surface area contributed by atoms with Crippen molar-refractivity contribution < 1.29 is 0 Å². The summed E-state index contributed by atoms with van der Waals surface area (Å²) in [6.45, 7) is 0. The number of pyridine rings is 1. The average Bonchev–Trinajstić information content (AvgIpc) is 3.88. The van der Waals surface area contributed by atoms with Gasteiger partial charge in [0.1, 0.15) is 0 Å². The smallest absolute Gasteiger partial charge is 0.161 e. The van der Waals surface area contributed by atoms with Crippen LogP contribution in [0.4, 0.5) is 0 Å². The molecule has 8 aromatic carbocycles. The molecule has 0 N–H and O–H groups in total. The molecule has 0 bridgehead atoms. The minimum absolute atomic E-state index is 0.731. The summed E-state index contributed by atoms with van der Waals surface area (Å²) >= 11 is 3.69. The first kappa shape index (κ1) is 33.1. The normalized spacial score (nSPS) is 11.8. The van der Waals surface area contributed by atoms with Crippen molar-refractivity contribution >= 4 is 84.7 Å². The first-order chi connectivity index (χ1) is 28.7. The molecule has 4 aromatic heterocycles. The highest BCUT2D eigenvalue weighted by molar-refractivity contribution is 7.26. The van der Waals surface area contributed by atoms with Gasteiger partial charge in [0.05, 0.1) is 22.6 Å². The van der Waals surface area contributed by atoms with Gasteiger partial charge in [-0.3, -0.25) is 0 Å². The fourth-order valence-corrected chi connectivity index (χ4v) is 11.0. The summed E-state index contributed by atoms with van der Waals surface area (Å²) in [4.78, 5) is 15.7. The summed E-state index contributed by atoms with van der Waals surface area (Å²) in [5.41, 5.74) is 10.5. The molecule has 270 valence electrons. The molecule has 0 radical (unpaired) electrons. The molecule has 0 aliphatic rings. The molecular formula is C53H31N3S2. The van der Waals surface area contributed by atoms with Crippen LogP contribution in [0.25, 0.3) is 118 Å². The van der Waals surface area contributed by atoms with Crippen LogP contribution in [-0.4, -0.2) is 15.0 Å². The Morgan fingerprint density at radius 3 is 1.74 bits per heavy atom. The lowest BCUT2D eigenvalue weighted by molar-refractivity contribution is 1.19. The minimum atomic E-state index is 0.731. The summed E-state index contributed by atoms with van der Waals surface area (Å²) in [5.74, 6) is 0.731. The molecule has 3 nitrogen and oxygen atoms in total. The van der Waals surface area contributed by atoms with E-state index in [0.717, 1.165) is 50.7 Å². The second-order valence-corrected chi connectivity index (χ2v) is 16.8. The van der Waals surface area contributed by atoms with Crippen LogP contribution in [0, 0.1) is 0 Å². The Labute approximate surface area is 342 Å². The van der Waals surface area contributed by atoms with Gasteiger partial charge in [0, 0.05) is 78.8 Å². The fourth-order valence-electron chi connectivity index (χ4n) is 8.63. The zero-order chi connectivity index (χ0) is 38.2. The molecular weight excluding hydrogens is 743 g/mol. The number of thiophene rings is 2. The van der Waals surface area contributed by atoms with Crippen molar-refractivity contribution in [3.05, 3.63) is 188 Å². The molecule has 0 saturated carbocycles. The van der Waals surface area contributed by atoms with Gasteiger partial charge >= 0.3 is 0 Å². The second kappa shape index (κ2) is 13.3. The van der Waals surface area contributed by atoms with E-state index in [1.54, 1.807) is 0 Å². The summed E-state index contributed by atoms with van der Waals surface area (Å²) < 4.78 is 5.07. The van der Waals surface area contributed by atoms with Crippen molar-refractivity contribution in [1.82, 2.24) is 15.0 Å². The Morgan fingerprint density at radius 1 is 0.328 bits per heavy atom. The Hall–Kier alpha value is -7.05. The highest BCUT2D eigenvalue weighted by atomic mass is 32.1. The predicted octanol–water partition coefficient (Wildman–Crippen LogP) is 15.2. The lowest BCUT2D eigenvalue weighted by Crippen LogP contribution is -1.96. The average molecular weight is 774 g/mol. The topological polar surface area (TPSA) is 38.7 Å². The Balaban J connectivity index is 1.01. The Bertz CT molecular complexity index is 3550. The quantitative estimate of drug-likeness (QED) is 0.164. The monoisotopic (exact) mass is 773 g/mol. The number of hydrogen-bond acceptors (Lipinski definition) is 5. The van der Waals surface area contributed by atoms with Crippen molar-refractivity contribution in [1.29, 1.82) is 0 Å².